The second-order valence-electron chi connectivity index (χ2n) is 7.42. The van der Waals surface area contributed by atoms with Gasteiger partial charge in [0.1, 0.15) is 0 Å². The van der Waals surface area contributed by atoms with Gasteiger partial charge in [-0.25, -0.2) is 0 Å². The first-order valence-corrected chi connectivity index (χ1v) is 10.3. The lowest BCUT2D eigenvalue weighted by Crippen LogP contribution is -2.30. The topological polar surface area (TPSA) is 84.5 Å². The molecule has 0 spiro atoms. The third-order valence-corrected chi connectivity index (χ3v) is 4.35. The molecular weight excluding hydrogens is 380 g/mol. The van der Waals surface area contributed by atoms with E-state index in [0.29, 0.717) is 24.3 Å². The minimum absolute atomic E-state index is 0.0624. The number of hydrogen-bond acceptors (Lipinski definition) is 4. The van der Waals surface area contributed by atoms with Crippen molar-refractivity contribution in [3.8, 4) is 0 Å². The van der Waals surface area contributed by atoms with Crippen molar-refractivity contribution >= 4 is 23.5 Å². The Morgan fingerprint density at radius 3 is 2.27 bits per heavy atom. The zero-order chi connectivity index (χ0) is 21.8. The van der Waals surface area contributed by atoms with E-state index in [1.165, 1.54) is 5.56 Å². The van der Waals surface area contributed by atoms with Crippen molar-refractivity contribution in [3.05, 3.63) is 65.7 Å². The number of anilines is 1. The molecule has 0 fully saturated rings. The van der Waals surface area contributed by atoms with Gasteiger partial charge in [0, 0.05) is 30.1 Å². The van der Waals surface area contributed by atoms with Crippen LogP contribution in [-0.2, 0) is 20.7 Å². The molecule has 0 bridgehead atoms. The van der Waals surface area contributed by atoms with E-state index >= 15 is 0 Å². The molecule has 0 saturated heterocycles. The number of esters is 1. The average molecular weight is 411 g/mol. The van der Waals surface area contributed by atoms with E-state index in [2.05, 4.69) is 10.6 Å². The number of aryl methyl sites for hydroxylation is 1. The quantitative estimate of drug-likeness (QED) is 0.431. The molecule has 0 atom stereocenters. The minimum Gasteiger partial charge on any atom is -0.466 e. The van der Waals surface area contributed by atoms with E-state index < -0.39 is 0 Å². The molecule has 0 aromatic heterocycles. The van der Waals surface area contributed by atoms with Crippen molar-refractivity contribution in [3.63, 3.8) is 0 Å². The van der Waals surface area contributed by atoms with Crippen molar-refractivity contribution < 1.29 is 19.1 Å². The molecule has 30 heavy (non-hydrogen) atoms. The smallest absolute Gasteiger partial charge is 0.305 e. The predicted octanol–water partition coefficient (Wildman–Crippen LogP) is 4.11. The summed E-state index contributed by atoms with van der Waals surface area (Å²) in [6.07, 6.45) is 2.52. The van der Waals surface area contributed by atoms with Crippen LogP contribution in [0.3, 0.4) is 0 Å². The van der Waals surface area contributed by atoms with E-state index in [0.717, 1.165) is 12.8 Å². The molecule has 0 unspecified atom stereocenters. The molecule has 6 heteroatoms. The van der Waals surface area contributed by atoms with Crippen molar-refractivity contribution in [1.82, 2.24) is 5.32 Å². The number of ether oxygens (including phenoxy) is 1. The highest BCUT2D eigenvalue weighted by atomic mass is 16.5. The molecule has 0 aliphatic carbocycles. The minimum atomic E-state index is -0.281. The summed E-state index contributed by atoms with van der Waals surface area (Å²) in [7, 11) is 0. The molecule has 0 saturated carbocycles. The van der Waals surface area contributed by atoms with Crippen LogP contribution in [0.15, 0.2) is 54.6 Å². The summed E-state index contributed by atoms with van der Waals surface area (Å²) in [4.78, 5) is 35.7. The monoisotopic (exact) mass is 410 g/mol. The number of nitrogens with one attached hydrogen (secondary N) is 2. The van der Waals surface area contributed by atoms with Crippen molar-refractivity contribution in [2.45, 2.75) is 52.0 Å². The summed E-state index contributed by atoms with van der Waals surface area (Å²) >= 11 is 0. The first-order chi connectivity index (χ1) is 14.4. The Kier molecular flexibility index (Phi) is 9.58. The fraction of sp³-hybridized carbons (Fsp3) is 0.375. The largest absolute Gasteiger partial charge is 0.466 e. The Bertz CT molecular complexity index is 817. The van der Waals surface area contributed by atoms with E-state index in [9.17, 15) is 14.4 Å². The van der Waals surface area contributed by atoms with Gasteiger partial charge in [0.05, 0.1) is 6.61 Å². The van der Waals surface area contributed by atoms with Crippen molar-refractivity contribution in [2.75, 3.05) is 11.9 Å². The molecule has 160 valence electrons. The van der Waals surface area contributed by atoms with Gasteiger partial charge in [-0.2, -0.15) is 0 Å². The molecule has 0 radical (unpaired) electrons. The van der Waals surface area contributed by atoms with Crippen LogP contribution in [0.2, 0.25) is 0 Å². The number of amides is 2. The summed E-state index contributed by atoms with van der Waals surface area (Å²) in [5, 5.41) is 5.58. The van der Waals surface area contributed by atoms with Crippen LogP contribution in [0.1, 0.15) is 55.5 Å². The maximum absolute atomic E-state index is 12.0. The van der Waals surface area contributed by atoms with Gasteiger partial charge in [-0.1, -0.05) is 30.3 Å². The fourth-order valence-electron chi connectivity index (χ4n) is 2.85. The van der Waals surface area contributed by atoms with Gasteiger partial charge in [0.15, 0.2) is 0 Å². The van der Waals surface area contributed by atoms with Crippen molar-refractivity contribution in [1.29, 1.82) is 0 Å². The van der Waals surface area contributed by atoms with Gasteiger partial charge in [0.2, 0.25) is 5.91 Å². The first kappa shape index (κ1) is 23.1. The Morgan fingerprint density at radius 1 is 0.900 bits per heavy atom. The molecule has 2 aromatic rings. The second-order valence-corrected chi connectivity index (χ2v) is 7.42. The van der Waals surface area contributed by atoms with Crippen LogP contribution in [0.25, 0.3) is 0 Å². The highest BCUT2D eigenvalue weighted by molar-refractivity contribution is 5.96. The predicted molar refractivity (Wildman–Crippen MR) is 117 cm³/mol. The molecule has 2 aromatic carbocycles. The number of carbonyl (C=O) groups excluding carboxylic acids is 3. The maximum atomic E-state index is 12.0. The van der Waals surface area contributed by atoms with E-state index in [-0.39, 0.29) is 36.7 Å². The molecule has 2 amide bonds. The Labute approximate surface area is 178 Å². The normalized spacial score (nSPS) is 10.5. The van der Waals surface area contributed by atoms with Gasteiger partial charge in [0.25, 0.3) is 5.91 Å². The lowest BCUT2D eigenvalue weighted by molar-refractivity contribution is -0.143. The zero-order valence-electron chi connectivity index (χ0n) is 17.6. The highest BCUT2D eigenvalue weighted by Crippen LogP contribution is 2.11. The number of rotatable bonds is 11. The summed E-state index contributed by atoms with van der Waals surface area (Å²) in [5.41, 5.74) is 2.38. The lowest BCUT2D eigenvalue weighted by atomic mass is 10.1. The number of hydrogen-bond donors (Lipinski definition) is 2. The van der Waals surface area contributed by atoms with Gasteiger partial charge in [-0.15, -0.1) is 0 Å². The third-order valence-electron chi connectivity index (χ3n) is 4.35. The molecular formula is C24H30N2O4. The van der Waals surface area contributed by atoms with Gasteiger partial charge in [-0.05, 0) is 62.9 Å². The van der Waals surface area contributed by atoms with Gasteiger partial charge >= 0.3 is 5.97 Å². The van der Waals surface area contributed by atoms with Crippen LogP contribution < -0.4 is 10.6 Å². The molecule has 2 N–H and O–H groups in total. The Hall–Kier alpha value is -3.15. The van der Waals surface area contributed by atoms with E-state index in [1.54, 1.807) is 24.3 Å². The molecule has 6 nitrogen and oxygen atoms in total. The summed E-state index contributed by atoms with van der Waals surface area (Å²) < 4.78 is 5.22. The lowest BCUT2D eigenvalue weighted by Gasteiger charge is -2.09. The van der Waals surface area contributed by atoms with Crippen LogP contribution in [0.4, 0.5) is 5.69 Å². The number of benzene rings is 2. The molecule has 0 aliphatic heterocycles. The average Bonchev–Trinajstić information content (AvgIpc) is 2.72. The maximum Gasteiger partial charge on any atom is 0.305 e. The Balaban J connectivity index is 1.60. The number of carbonyl (C=O) groups is 3. The zero-order valence-corrected chi connectivity index (χ0v) is 17.6. The van der Waals surface area contributed by atoms with E-state index in [4.69, 9.17) is 4.74 Å². The summed E-state index contributed by atoms with van der Waals surface area (Å²) in [6, 6.07) is 16.8. The van der Waals surface area contributed by atoms with Crippen LogP contribution >= 0.6 is 0 Å². The fourth-order valence-corrected chi connectivity index (χ4v) is 2.85. The first-order valence-electron chi connectivity index (χ1n) is 10.3. The molecule has 0 aliphatic rings. The van der Waals surface area contributed by atoms with Crippen molar-refractivity contribution in [2.24, 2.45) is 0 Å². The molecule has 0 heterocycles. The SMILES string of the molecule is CC(C)NC(=O)c1ccc(NC(=O)CCCC(=O)OCCCc2ccccc2)cc1. The standard InChI is InChI=1S/C24H30N2O4/c1-18(2)25-24(29)20-13-15-21(16-14-20)26-22(27)11-6-12-23(28)30-17-7-10-19-8-4-3-5-9-19/h3-5,8-9,13-16,18H,6-7,10-12,17H2,1-2H3,(H,25,29)(H,26,27). The van der Waals surface area contributed by atoms with Crippen LogP contribution in [0.5, 0.6) is 0 Å². The molecule has 2 rings (SSSR count). The van der Waals surface area contributed by atoms with Gasteiger partial charge in [-0.3, -0.25) is 14.4 Å². The highest BCUT2D eigenvalue weighted by Gasteiger charge is 2.09. The van der Waals surface area contributed by atoms with Crippen LogP contribution in [0, 0.1) is 0 Å². The third kappa shape index (κ3) is 8.90. The second kappa shape index (κ2) is 12.4. The van der Waals surface area contributed by atoms with Crippen LogP contribution in [-0.4, -0.2) is 30.4 Å². The van der Waals surface area contributed by atoms with Gasteiger partial charge < -0.3 is 15.4 Å². The Morgan fingerprint density at radius 2 is 1.60 bits per heavy atom. The summed E-state index contributed by atoms with van der Waals surface area (Å²) in [5.74, 6) is -0.604. The summed E-state index contributed by atoms with van der Waals surface area (Å²) in [6.45, 7) is 4.18. The van der Waals surface area contributed by atoms with E-state index in [1.807, 2.05) is 44.2 Å².